The zero-order chi connectivity index (χ0) is 17.7. The van der Waals surface area contributed by atoms with E-state index in [1.807, 2.05) is 6.92 Å². The normalized spacial score (nSPS) is 15.6. The molecule has 0 radical (unpaired) electrons. The number of aliphatic carboxylic acids is 1. The summed E-state index contributed by atoms with van der Waals surface area (Å²) in [5.41, 5.74) is 1.08. The predicted octanol–water partition coefficient (Wildman–Crippen LogP) is 1.63. The van der Waals surface area contributed by atoms with Gasteiger partial charge in [0.05, 0.1) is 7.11 Å². The summed E-state index contributed by atoms with van der Waals surface area (Å²) in [5, 5.41) is 12.0. The summed E-state index contributed by atoms with van der Waals surface area (Å²) in [6.45, 7) is 2.07. The predicted molar refractivity (Wildman–Crippen MR) is 91.8 cm³/mol. The molecule has 1 aromatic carbocycles. The highest BCUT2D eigenvalue weighted by atomic mass is 32.1. The standard InChI is InChI=1S/C16H18N2O5S/c1-3-6-18-15(21)11(17-16(18)24)7-10-4-5-12(13(8-10)22-2)23-9-14(19)20/h4-5,7-8H,3,6,9H2,1-2H3,(H,17,24)(H,19,20)/b11-7-. The van der Waals surface area contributed by atoms with Crippen LogP contribution in [0.25, 0.3) is 6.08 Å². The van der Waals surface area contributed by atoms with Crippen molar-refractivity contribution in [2.24, 2.45) is 0 Å². The lowest BCUT2D eigenvalue weighted by Crippen LogP contribution is -2.31. The molecule has 2 N–H and O–H groups in total. The first-order valence-electron chi connectivity index (χ1n) is 7.33. The number of nitrogens with zero attached hydrogens (tertiary/aromatic N) is 1. The molecule has 7 nitrogen and oxygen atoms in total. The Kier molecular flexibility index (Phi) is 5.75. The third kappa shape index (κ3) is 4.02. The van der Waals surface area contributed by atoms with Crippen molar-refractivity contribution in [1.82, 2.24) is 10.2 Å². The Morgan fingerprint density at radius 2 is 2.17 bits per heavy atom. The second kappa shape index (κ2) is 7.78. The van der Waals surface area contributed by atoms with E-state index >= 15 is 0 Å². The van der Waals surface area contributed by atoms with Crippen LogP contribution < -0.4 is 14.8 Å². The Balaban J connectivity index is 2.22. The van der Waals surface area contributed by atoms with Gasteiger partial charge in [-0.3, -0.25) is 9.69 Å². The summed E-state index contributed by atoms with van der Waals surface area (Å²) in [6, 6.07) is 4.95. The molecule has 1 saturated heterocycles. The maximum Gasteiger partial charge on any atom is 0.341 e. The van der Waals surface area contributed by atoms with E-state index in [2.05, 4.69) is 5.32 Å². The molecule has 0 spiro atoms. The van der Waals surface area contributed by atoms with E-state index in [4.69, 9.17) is 26.8 Å². The van der Waals surface area contributed by atoms with E-state index in [0.717, 1.165) is 6.42 Å². The van der Waals surface area contributed by atoms with E-state index < -0.39 is 12.6 Å². The second-order valence-electron chi connectivity index (χ2n) is 5.04. The molecule has 128 valence electrons. The Labute approximate surface area is 144 Å². The summed E-state index contributed by atoms with van der Waals surface area (Å²) < 4.78 is 10.3. The van der Waals surface area contributed by atoms with Crippen LogP contribution in [0.5, 0.6) is 11.5 Å². The van der Waals surface area contributed by atoms with Crippen molar-refractivity contribution in [2.45, 2.75) is 13.3 Å². The molecular formula is C16H18N2O5S. The van der Waals surface area contributed by atoms with Crippen molar-refractivity contribution >= 4 is 35.3 Å². The second-order valence-corrected chi connectivity index (χ2v) is 5.42. The number of hydrogen-bond acceptors (Lipinski definition) is 5. The summed E-state index contributed by atoms with van der Waals surface area (Å²) in [5.74, 6) is -0.555. The summed E-state index contributed by atoms with van der Waals surface area (Å²) in [4.78, 5) is 24.4. The molecule has 0 atom stereocenters. The highest BCUT2D eigenvalue weighted by molar-refractivity contribution is 7.80. The number of benzene rings is 1. The molecule has 1 heterocycles. The summed E-state index contributed by atoms with van der Waals surface area (Å²) >= 11 is 5.16. The van der Waals surface area contributed by atoms with Crippen LogP contribution in [0.2, 0.25) is 0 Å². The molecule has 2 rings (SSSR count). The van der Waals surface area contributed by atoms with Gasteiger partial charge in [-0.2, -0.15) is 0 Å². The van der Waals surface area contributed by atoms with Gasteiger partial charge in [-0.05, 0) is 42.4 Å². The molecule has 1 fully saturated rings. The van der Waals surface area contributed by atoms with Crippen molar-refractivity contribution in [1.29, 1.82) is 0 Å². The molecule has 1 aliphatic heterocycles. The fourth-order valence-electron chi connectivity index (χ4n) is 2.20. The van der Waals surface area contributed by atoms with Crippen molar-refractivity contribution in [3.8, 4) is 11.5 Å². The first-order chi connectivity index (χ1) is 11.5. The fourth-order valence-corrected chi connectivity index (χ4v) is 2.48. The van der Waals surface area contributed by atoms with Crippen LogP contribution >= 0.6 is 12.2 Å². The summed E-state index contributed by atoms with van der Waals surface area (Å²) in [7, 11) is 1.46. The SMILES string of the molecule is CCCN1C(=O)/C(=C/c2ccc(OCC(=O)O)c(OC)c2)NC1=S. The third-order valence-electron chi connectivity index (χ3n) is 3.26. The first-order valence-corrected chi connectivity index (χ1v) is 7.74. The number of hydrogen-bond donors (Lipinski definition) is 2. The van der Waals surface area contributed by atoms with Gasteiger partial charge in [0.15, 0.2) is 23.2 Å². The summed E-state index contributed by atoms with van der Waals surface area (Å²) in [6.07, 6.45) is 2.47. The maximum atomic E-state index is 12.3. The minimum absolute atomic E-state index is 0.174. The largest absolute Gasteiger partial charge is 0.493 e. The van der Waals surface area contributed by atoms with E-state index in [9.17, 15) is 9.59 Å². The Morgan fingerprint density at radius 1 is 1.42 bits per heavy atom. The number of thiocarbonyl (C=S) groups is 1. The molecule has 0 aromatic heterocycles. The number of carbonyl (C=O) groups excluding carboxylic acids is 1. The average molecular weight is 350 g/mol. The highest BCUT2D eigenvalue weighted by Gasteiger charge is 2.29. The lowest BCUT2D eigenvalue weighted by atomic mass is 10.1. The van der Waals surface area contributed by atoms with Crippen LogP contribution in [0.15, 0.2) is 23.9 Å². The van der Waals surface area contributed by atoms with Crippen molar-refractivity contribution in [3.05, 3.63) is 29.5 Å². The molecule has 0 saturated carbocycles. The number of nitrogens with one attached hydrogen (secondary N) is 1. The number of carboxylic acid groups (broad SMARTS) is 1. The van der Waals surface area contributed by atoms with Crippen molar-refractivity contribution < 1.29 is 24.2 Å². The van der Waals surface area contributed by atoms with Crippen LogP contribution in [0, 0.1) is 0 Å². The molecule has 24 heavy (non-hydrogen) atoms. The topological polar surface area (TPSA) is 88.1 Å². The van der Waals surface area contributed by atoms with Gasteiger partial charge in [0.25, 0.3) is 5.91 Å². The number of ether oxygens (including phenoxy) is 2. The van der Waals surface area contributed by atoms with Gasteiger partial charge in [-0.15, -0.1) is 0 Å². The number of carbonyl (C=O) groups is 2. The van der Waals surface area contributed by atoms with E-state index in [1.54, 1.807) is 24.3 Å². The quantitative estimate of drug-likeness (QED) is 0.571. The molecule has 0 bridgehead atoms. The third-order valence-corrected chi connectivity index (χ3v) is 3.58. The van der Waals surface area contributed by atoms with Crippen LogP contribution in [0.4, 0.5) is 0 Å². The van der Waals surface area contributed by atoms with Crippen molar-refractivity contribution in [3.63, 3.8) is 0 Å². The van der Waals surface area contributed by atoms with Gasteiger partial charge in [-0.1, -0.05) is 13.0 Å². The van der Waals surface area contributed by atoms with E-state index in [-0.39, 0.29) is 5.91 Å². The molecular weight excluding hydrogens is 332 g/mol. The monoisotopic (exact) mass is 350 g/mol. The lowest BCUT2D eigenvalue weighted by molar-refractivity contribution is -0.139. The highest BCUT2D eigenvalue weighted by Crippen LogP contribution is 2.29. The van der Waals surface area contributed by atoms with E-state index in [1.165, 1.54) is 12.0 Å². The smallest absolute Gasteiger partial charge is 0.341 e. The average Bonchev–Trinajstić information content (AvgIpc) is 2.81. The van der Waals surface area contributed by atoms with E-state index in [0.29, 0.717) is 34.4 Å². The maximum absolute atomic E-state index is 12.3. The zero-order valence-electron chi connectivity index (χ0n) is 13.4. The first kappa shape index (κ1) is 17.7. The lowest BCUT2D eigenvalue weighted by Gasteiger charge is -2.11. The van der Waals surface area contributed by atoms with Crippen LogP contribution in [-0.4, -0.2) is 47.3 Å². The molecule has 8 heteroatoms. The number of rotatable bonds is 7. The van der Waals surface area contributed by atoms with Crippen molar-refractivity contribution in [2.75, 3.05) is 20.3 Å². The van der Waals surface area contributed by atoms with Crippen LogP contribution in [0.1, 0.15) is 18.9 Å². The number of methoxy groups -OCH3 is 1. The van der Waals surface area contributed by atoms with Gasteiger partial charge in [0, 0.05) is 6.54 Å². The van der Waals surface area contributed by atoms with Gasteiger partial charge < -0.3 is 19.9 Å². The molecule has 1 aliphatic rings. The molecule has 0 unspecified atom stereocenters. The minimum atomic E-state index is -1.08. The Morgan fingerprint density at radius 3 is 2.79 bits per heavy atom. The molecule has 0 aliphatic carbocycles. The zero-order valence-corrected chi connectivity index (χ0v) is 14.2. The molecule has 1 aromatic rings. The number of amides is 1. The van der Waals surface area contributed by atoms with Gasteiger partial charge in [0.1, 0.15) is 5.70 Å². The number of carboxylic acids is 1. The van der Waals surface area contributed by atoms with Gasteiger partial charge in [-0.25, -0.2) is 4.79 Å². The Hall–Kier alpha value is -2.61. The van der Waals surface area contributed by atoms with Gasteiger partial charge in [0.2, 0.25) is 0 Å². The van der Waals surface area contributed by atoms with Crippen LogP contribution in [0.3, 0.4) is 0 Å². The van der Waals surface area contributed by atoms with Crippen LogP contribution in [-0.2, 0) is 9.59 Å². The molecule has 1 amide bonds. The minimum Gasteiger partial charge on any atom is -0.493 e. The Bertz CT molecular complexity index is 702. The fraction of sp³-hybridized carbons (Fsp3) is 0.312. The van der Waals surface area contributed by atoms with Gasteiger partial charge >= 0.3 is 5.97 Å².